The molecule has 0 aliphatic heterocycles. The van der Waals surface area contributed by atoms with Gasteiger partial charge in [0.25, 0.3) is 0 Å². The maximum absolute atomic E-state index is 6.54. The minimum absolute atomic E-state index is 1.06. The van der Waals surface area contributed by atoms with Crippen molar-refractivity contribution in [2.75, 3.05) is 0 Å². The molecule has 0 bridgehead atoms. The Hall–Kier alpha value is 1.52. The highest BCUT2D eigenvalue weighted by molar-refractivity contribution is 7.37. The third-order valence-corrected chi connectivity index (χ3v) is 19.0. The van der Waals surface area contributed by atoms with Crippen molar-refractivity contribution in [1.29, 1.82) is 0 Å². The summed E-state index contributed by atoms with van der Waals surface area (Å²) >= 11 is 19.2. The summed E-state index contributed by atoms with van der Waals surface area (Å²) < 4.78 is 0. The SMILES string of the molecule is C[Si](C)(Cl)C[Si](C)(Cl)C[Si](C)(C)Cl. The van der Waals surface area contributed by atoms with Crippen LogP contribution in [-0.4, -0.2) is 22.2 Å². The Kier molecular flexibility index (Phi) is 5.11. The zero-order chi connectivity index (χ0) is 10.9. The Morgan fingerprint density at radius 1 is 0.692 bits per heavy atom. The van der Waals surface area contributed by atoms with Crippen LogP contribution in [-0.2, 0) is 0 Å². The van der Waals surface area contributed by atoms with Gasteiger partial charge in [0.15, 0.2) is 7.38 Å². The average Bonchev–Trinajstić information content (AvgIpc) is 1.43. The van der Waals surface area contributed by atoms with Crippen LogP contribution >= 0.6 is 33.2 Å². The highest BCUT2D eigenvalue weighted by Crippen LogP contribution is 2.33. The van der Waals surface area contributed by atoms with Crippen LogP contribution in [0.1, 0.15) is 0 Å². The second kappa shape index (κ2) is 4.58. The van der Waals surface area contributed by atoms with Gasteiger partial charge in [-0.05, 0) is 11.3 Å². The van der Waals surface area contributed by atoms with Crippen LogP contribution in [0.3, 0.4) is 0 Å². The largest absolute Gasteiger partial charge is 0.168 e. The van der Waals surface area contributed by atoms with Gasteiger partial charge in [-0.15, -0.1) is 0 Å². The maximum atomic E-state index is 6.54. The van der Waals surface area contributed by atoms with Crippen molar-refractivity contribution in [3.63, 3.8) is 0 Å². The predicted octanol–water partition coefficient (Wildman–Crippen LogP) is 4.77. The lowest BCUT2D eigenvalue weighted by molar-refractivity contribution is 1.58. The third kappa shape index (κ3) is 9.82. The molecule has 0 aromatic carbocycles. The van der Waals surface area contributed by atoms with E-state index in [1.165, 1.54) is 0 Å². The van der Waals surface area contributed by atoms with E-state index in [1.54, 1.807) is 0 Å². The second-order valence-corrected chi connectivity index (χ2v) is 26.6. The first kappa shape index (κ1) is 14.5. The van der Waals surface area contributed by atoms with Gasteiger partial charge in [-0.1, -0.05) is 32.7 Å². The first-order chi connectivity index (χ1) is 5.41. The fourth-order valence-electron chi connectivity index (χ4n) is 1.82. The molecule has 0 aromatic heterocycles. The molecule has 0 nitrogen and oxygen atoms in total. The summed E-state index contributed by atoms with van der Waals surface area (Å²) in [5, 5.41) is 0. The van der Waals surface area contributed by atoms with Gasteiger partial charge in [0.1, 0.15) is 14.8 Å². The molecular formula is C7H19Cl3Si3. The van der Waals surface area contributed by atoms with Crippen LogP contribution < -0.4 is 0 Å². The van der Waals surface area contributed by atoms with Crippen LogP contribution in [0.25, 0.3) is 0 Å². The molecule has 0 atom stereocenters. The van der Waals surface area contributed by atoms with Crippen molar-refractivity contribution in [1.82, 2.24) is 0 Å². The van der Waals surface area contributed by atoms with Gasteiger partial charge >= 0.3 is 0 Å². The lowest BCUT2D eigenvalue weighted by Gasteiger charge is -2.29. The summed E-state index contributed by atoms with van der Waals surface area (Å²) in [5.41, 5.74) is 2.12. The molecule has 6 heteroatoms. The van der Waals surface area contributed by atoms with Gasteiger partial charge in [-0.25, -0.2) is 0 Å². The molecule has 0 aliphatic rings. The van der Waals surface area contributed by atoms with E-state index >= 15 is 0 Å². The Balaban J connectivity index is 4.25. The highest BCUT2D eigenvalue weighted by Gasteiger charge is 2.38. The zero-order valence-electron chi connectivity index (χ0n) is 9.05. The van der Waals surface area contributed by atoms with E-state index < -0.39 is 22.2 Å². The second-order valence-electron chi connectivity index (χ2n) is 5.20. The van der Waals surface area contributed by atoms with Gasteiger partial charge in [-0.3, -0.25) is 0 Å². The monoisotopic (exact) mass is 292 g/mol. The van der Waals surface area contributed by atoms with Gasteiger partial charge < -0.3 is 0 Å². The normalized spacial score (nSPS) is 14.8. The minimum atomic E-state index is -1.64. The van der Waals surface area contributed by atoms with Gasteiger partial charge in [0, 0.05) is 0 Å². The Labute approximate surface area is 99.1 Å². The van der Waals surface area contributed by atoms with Gasteiger partial charge in [0.2, 0.25) is 0 Å². The minimum Gasteiger partial charge on any atom is -0.168 e. The molecule has 0 unspecified atom stereocenters. The molecule has 0 amide bonds. The van der Waals surface area contributed by atoms with E-state index in [9.17, 15) is 0 Å². The van der Waals surface area contributed by atoms with E-state index in [1.807, 2.05) is 0 Å². The number of hydrogen-bond acceptors (Lipinski definition) is 0. The van der Waals surface area contributed by atoms with Crippen LogP contribution in [0.2, 0.25) is 44.1 Å². The fraction of sp³-hybridized carbons (Fsp3) is 1.00. The van der Waals surface area contributed by atoms with Crippen LogP contribution in [0.15, 0.2) is 0 Å². The molecule has 13 heavy (non-hydrogen) atoms. The lowest BCUT2D eigenvalue weighted by Crippen LogP contribution is -2.39. The average molecular weight is 294 g/mol. The Bertz CT molecular complexity index is 151. The first-order valence-corrected chi connectivity index (χ1v) is 16.8. The number of rotatable bonds is 4. The summed E-state index contributed by atoms with van der Waals surface area (Å²) in [6, 6.07) is 0. The summed E-state index contributed by atoms with van der Waals surface area (Å²) in [6.45, 7) is 10.8. The summed E-state index contributed by atoms with van der Waals surface area (Å²) in [4.78, 5) is 0. The molecule has 0 radical (unpaired) electrons. The van der Waals surface area contributed by atoms with Crippen molar-refractivity contribution >= 4 is 55.4 Å². The van der Waals surface area contributed by atoms with Gasteiger partial charge in [0.05, 0.1) is 0 Å². The van der Waals surface area contributed by atoms with Crippen LogP contribution in [0.4, 0.5) is 0 Å². The fourth-order valence-corrected chi connectivity index (χ4v) is 30.0. The molecule has 0 rings (SSSR count). The Morgan fingerprint density at radius 2 is 0.923 bits per heavy atom. The maximum Gasteiger partial charge on any atom is 0.150 e. The molecule has 0 fully saturated rings. The van der Waals surface area contributed by atoms with E-state index in [0.29, 0.717) is 0 Å². The summed E-state index contributed by atoms with van der Waals surface area (Å²) in [7, 11) is -4.70. The zero-order valence-corrected chi connectivity index (χ0v) is 14.3. The van der Waals surface area contributed by atoms with E-state index in [0.717, 1.165) is 11.3 Å². The lowest BCUT2D eigenvalue weighted by atomic mass is 11.7. The quantitative estimate of drug-likeness (QED) is 0.517. The van der Waals surface area contributed by atoms with Crippen molar-refractivity contribution in [2.24, 2.45) is 0 Å². The third-order valence-electron chi connectivity index (χ3n) is 1.58. The van der Waals surface area contributed by atoms with E-state index in [2.05, 4.69) is 32.7 Å². The van der Waals surface area contributed by atoms with Crippen molar-refractivity contribution in [3.8, 4) is 0 Å². The molecule has 0 saturated heterocycles. The summed E-state index contributed by atoms with van der Waals surface area (Å²) in [6.07, 6.45) is 0. The van der Waals surface area contributed by atoms with Crippen LogP contribution in [0, 0.1) is 0 Å². The molecule has 0 spiro atoms. The van der Waals surface area contributed by atoms with Crippen LogP contribution in [0.5, 0.6) is 0 Å². The highest BCUT2D eigenvalue weighted by atomic mass is 35.6. The molecule has 0 N–H and O–H groups in total. The summed E-state index contributed by atoms with van der Waals surface area (Å²) in [5.74, 6) is 0. The number of hydrogen-bond donors (Lipinski definition) is 0. The molecule has 0 aromatic rings. The van der Waals surface area contributed by atoms with Crippen molar-refractivity contribution < 1.29 is 0 Å². The predicted molar refractivity (Wildman–Crippen MR) is 73.8 cm³/mol. The molecule has 0 heterocycles. The smallest absolute Gasteiger partial charge is 0.150 e. The van der Waals surface area contributed by atoms with Crippen molar-refractivity contribution in [2.45, 2.75) is 44.1 Å². The Morgan fingerprint density at radius 3 is 1.08 bits per heavy atom. The molecule has 0 aliphatic carbocycles. The number of halogens is 3. The molecular weight excluding hydrogens is 275 g/mol. The topological polar surface area (TPSA) is 0 Å². The molecule has 80 valence electrons. The van der Waals surface area contributed by atoms with E-state index in [4.69, 9.17) is 33.2 Å². The van der Waals surface area contributed by atoms with E-state index in [-0.39, 0.29) is 0 Å². The standard InChI is InChI=1S/C7H19Cl3Si3/c1-11(2,8)6-13(5,10)7-12(3,4)9/h6-7H2,1-5H3. The first-order valence-electron chi connectivity index (χ1n) is 4.48. The molecule has 0 saturated carbocycles. The van der Waals surface area contributed by atoms with Crippen molar-refractivity contribution in [3.05, 3.63) is 0 Å². The van der Waals surface area contributed by atoms with Gasteiger partial charge in [-0.2, -0.15) is 33.2 Å².